The first-order chi connectivity index (χ1) is 9.87. The number of nitrogens with one attached hydrogen (secondary N) is 1. The van der Waals surface area contributed by atoms with Crippen LogP contribution in [0.1, 0.15) is 5.56 Å². The number of anilines is 1. The Labute approximate surface area is 122 Å². The average molecular weight is 317 g/mol. The number of alkyl halides is 3. The van der Waals surface area contributed by atoms with Crippen LogP contribution >= 0.6 is 11.8 Å². The Kier molecular flexibility index (Phi) is 4.62. The molecule has 0 bridgehead atoms. The van der Waals surface area contributed by atoms with Gasteiger partial charge in [-0.3, -0.25) is 0 Å². The fourth-order valence-corrected chi connectivity index (χ4v) is 2.37. The molecule has 0 aromatic heterocycles. The SMILES string of the molecule is Oc1c(F)cccc1CNc1ccccc1SC(F)(F)F. The normalized spacial score (nSPS) is 11.4. The molecule has 0 unspecified atom stereocenters. The maximum Gasteiger partial charge on any atom is 0.446 e. The van der Waals surface area contributed by atoms with E-state index in [0.29, 0.717) is 0 Å². The van der Waals surface area contributed by atoms with E-state index in [9.17, 15) is 22.7 Å². The predicted octanol–water partition coefficient (Wildman–Crippen LogP) is 4.76. The highest BCUT2D eigenvalue weighted by Crippen LogP contribution is 2.40. The molecule has 0 atom stereocenters. The minimum Gasteiger partial charge on any atom is -0.505 e. The van der Waals surface area contributed by atoms with Crippen molar-refractivity contribution in [1.29, 1.82) is 0 Å². The maximum absolute atomic E-state index is 13.2. The van der Waals surface area contributed by atoms with Gasteiger partial charge in [-0.25, -0.2) is 4.39 Å². The van der Waals surface area contributed by atoms with E-state index in [0.717, 1.165) is 6.07 Å². The Morgan fingerprint density at radius 3 is 2.48 bits per heavy atom. The third-order valence-corrected chi connectivity index (χ3v) is 3.46. The van der Waals surface area contributed by atoms with Crippen molar-refractivity contribution in [3.63, 3.8) is 0 Å². The summed E-state index contributed by atoms with van der Waals surface area (Å²) in [5, 5.41) is 12.3. The number of para-hydroxylation sites is 2. The van der Waals surface area contributed by atoms with Crippen molar-refractivity contribution in [3.8, 4) is 5.75 Å². The van der Waals surface area contributed by atoms with Gasteiger partial charge in [-0.1, -0.05) is 24.3 Å². The average Bonchev–Trinajstić information content (AvgIpc) is 2.40. The van der Waals surface area contributed by atoms with Gasteiger partial charge in [-0.05, 0) is 30.0 Å². The lowest BCUT2D eigenvalue weighted by atomic mass is 10.2. The van der Waals surface area contributed by atoms with Gasteiger partial charge in [0, 0.05) is 22.7 Å². The van der Waals surface area contributed by atoms with Crippen LogP contribution in [0.3, 0.4) is 0 Å². The van der Waals surface area contributed by atoms with E-state index in [-0.39, 0.29) is 34.5 Å². The molecule has 0 aliphatic rings. The van der Waals surface area contributed by atoms with E-state index in [1.54, 1.807) is 6.07 Å². The zero-order valence-electron chi connectivity index (χ0n) is 10.6. The van der Waals surface area contributed by atoms with Gasteiger partial charge < -0.3 is 10.4 Å². The molecular weight excluding hydrogens is 306 g/mol. The van der Waals surface area contributed by atoms with E-state index < -0.39 is 17.1 Å². The van der Waals surface area contributed by atoms with Crippen molar-refractivity contribution < 1.29 is 22.7 Å². The van der Waals surface area contributed by atoms with E-state index in [1.807, 2.05) is 0 Å². The summed E-state index contributed by atoms with van der Waals surface area (Å²) in [6, 6.07) is 9.93. The Morgan fingerprint density at radius 1 is 1.05 bits per heavy atom. The van der Waals surface area contributed by atoms with Crippen LogP contribution in [-0.2, 0) is 6.54 Å². The molecule has 0 saturated carbocycles. The molecule has 7 heteroatoms. The molecule has 0 aliphatic carbocycles. The van der Waals surface area contributed by atoms with Gasteiger partial charge in [0.15, 0.2) is 11.6 Å². The lowest BCUT2D eigenvalue weighted by Crippen LogP contribution is -2.04. The largest absolute Gasteiger partial charge is 0.505 e. The van der Waals surface area contributed by atoms with Crippen molar-refractivity contribution in [2.45, 2.75) is 16.9 Å². The van der Waals surface area contributed by atoms with Crippen molar-refractivity contribution >= 4 is 17.4 Å². The van der Waals surface area contributed by atoms with Crippen molar-refractivity contribution in [2.75, 3.05) is 5.32 Å². The second-order valence-electron chi connectivity index (χ2n) is 4.15. The summed E-state index contributed by atoms with van der Waals surface area (Å²) in [5.41, 5.74) is -3.86. The number of phenolic OH excluding ortho intramolecular Hbond substituents is 1. The Morgan fingerprint density at radius 2 is 1.76 bits per heavy atom. The summed E-state index contributed by atoms with van der Waals surface area (Å²) in [6.45, 7) is 0.0129. The molecule has 0 radical (unpaired) electrons. The van der Waals surface area contributed by atoms with Crippen LogP contribution in [0.4, 0.5) is 23.2 Å². The predicted molar refractivity (Wildman–Crippen MR) is 73.7 cm³/mol. The maximum atomic E-state index is 13.2. The number of aromatic hydroxyl groups is 1. The van der Waals surface area contributed by atoms with Crippen LogP contribution in [0.2, 0.25) is 0 Å². The third kappa shape index (κ3) is 4.29. The van der Waals surface area contributed by atoms with Crippen molar-refractivity contribution in [2.24, 2.45) is 0 Å². The van der Waals surface area contributed by atoms with Gasteiger partial charge >= 0.3 is 5.51 Å². The highest BCUT2D eigenvalue weighted by molar-refractivity contribution is 8.00. The first-order valence-corrected chi connectivity index (χ1v) is 6.73. The molecule has 2 aromatic rings. The van der Waals surface area contributed by atoms with Gasteiger partial charge in [0.25, 0.3) is 0 Å². The Balaban J connectivity index is 2.15. The van der Waals surface area contributed by atoms with Crippen LogP contribution in [0.15, 0.2) is 47.4 Å². The molecule has 0 saturated heterocycles. The zero-order chi connectivity index (χ0) is 15.5. The smallest absolute Gasteiger partial charge is 0.446 e. The summed E-state index contributed by atoms with van der Waals surface area (Å²) < 4.78 is 50.5. The second-order valence-corrected chi connectivity index (χ2v) is 5.25. The van der Waals surface area contributed by atoms with Crippen molar-refractivity contribution in [1.82, 2.24) is 0 Å². The quantitative estimate of drug-likeness (QED) is 0.630. The molecule has 2 N–H and O–H groups in total. The number of hydrogen-bond acceptors (Lipinski definition) is 3. The molecule has 2 nitrogen and oxygen atoms in total. The monoisotopic (exact) mass is 317 g/mol. The molecule has 2 aromatic carbocycles. The van der Waals surface area contributed by atoms with Gasteiger partial charge in [0.2, 0.25) is 0 Å². The number of halogens is 4. The summed E-state index contributed by atoms with van der Waals surface area (Å²) in [6.07, 6.45) is 0. The van der Waals surface area contributed by atoms with Crippen LogP contribution < -0.4 is 5.32 Å². The fraction of sp³-hybridized carbons (Fsp3) is 0.143. The topological polar surface area (TPSA) is 32.3 Å². The molecule has 0 heterocycles. The Bertz CT molecular complexity index is 631. The van der Waals surface area contributed by atoms with E-state index in [1.165, 1.54) is 30.3 Å². The van der Waals surface area contributed by atoms with Crippen LogP contribution in [0.5, 0.6) is 5.75 Å². The second kappa shape index (κ2) is 6.26. The molecule has 112 valence electrons. The first kappa shape index (κ1) is 15.5. The van der Waals surface area contributed by atoms with Crippen LogP contribution in [0, 0.1) is 5.82 Å². The molecular formula is C14H11F4NOS. The first-order valence-electron chi connectivity index (χ1n) is 5.92. The molecule has 0 aliphatic heterocycles. The molecule has 0 spiro atoms. The standard InChI is InChI=1S/C14H11F4NOS/c15-10-5-3-4-9(13(10)20)8-19-11-6-1-2-7-12(11)21-14(16,17)18/h1-7,19-20H,8H2. The van der Waals surface area contributed by atoms with Crippen LogP contribution in [0.25, 0.3) is 0 Å². The Hall–Kier alpha value is -1.89. The summed E-state index contributed by atoms with van der Waals surface area (Å²) in [4.78, 5) is 0.0147. The fourth-order valence-electron chi connectivity index (χ4n) is 1.72. The minimum atomic E-state index is -4.39. The third-order valence-electron chi connectivity index (χ3n) is 2.65. The minimum absolute atomic E-state index is 0.0129. The van der Waals surface area contributed by atoms with Crippen LogP contribution in [-0.4, -0.2) is 10.6 Å². The van der Waals surface area contributed by atoms with E-state index >= 15 is 0 Å². The highest BCUT2D eigenvalue weighted by Gasteiger charge is 2.30. The van der Waals surface area contributed by atoms with Gasteiger partial charge in [-0.2, -0.15) is 13.2 Å². The zero-order valence-corrected chi connectivity index (χ0v) is 11.4. The molecule has 21 heavy (non-hydrogen) atoms. The summed E-state index contributed by atoms with van der Waals surface area (Å²) in [7, 11) is 0. The van der Waals surface area contributed by atoms with Gasteiger partial charge in [-0.15, -0.1) is 0 Å². The van der Waals surface area contributed by atoms with Crippen molar-refractivity contribution in [3.05, 3.63) is 53.8 Å². The summed E-state index contributed by atoms with van der Waals surface area (Å²) >= 11 is -0.229. The number of rotatable bonds is 4. The summed E-state index contributed by atoms with van der Waals surface area (Å²) in [5.74, 6) is -1.28. The molecule has 0 amide bonds. The number of phenols is 1. The number of thioether (sulfide) groups is 1. The van der Waals surface area contributed by atoms with Gasteiger partial charge in [0.1, 0.15) is 0 Å². The number of benzene rings is 2. The highest BCUT2D eigenvalue weighted by atomic mass is 32.2. The van der Waals surface area contributed by atoms with E-state index in [2.05, 4.69) is 5.32 Å². The lowest BCUT2D eigenvalue weighted by molar-refractivity contribution is -0.0327. The number of hydrogen-bond donors (Lipinski definition) is 2. The molecule has 0 fully saturated rings. The van der Waals surface area contributed by atoms with Gasteiger partial charge in [0.05, 0.1) is 0 Å². The lowest BCUT2D eigenvalue weighted by Gasteiger charge is -2.13. The van der Waals surface area contributed by atoms with E-state index in [4.69, 9.17) is 0 Å². The molecule has 2 rings (SSSR count).